The molecule has 2 amide bonds. The number of nitrogens with zero attached hydrogens (tertiary/aromatic N) is 2. The van der Waals surface area contributed by atoms with Gasteiger partial charge >= 0.3 is 0 Å². The molecule has 1 fully saturated rings. The molecule has 4 rings (SSSR count). The first-order valence-corrected chi connectivity index (χ1v) is 12.8. The fourth-order valence-corrected chi connectivity index (χ4v) is 5.28. The highest BCUT2D eigenvalue weighted by Crippen LogP contribution is 2.32. The minimum Gasteiger partial charge on any atom is -0.380 e. The molecule has 2 heterocycles. The summed E-state index contributed by atoms with van der Waals surface area (Å²) in [6, 6.07) is 17.7. The topological polar surface area (TPSA) is 103 Å². The lowest BCUT2D eigenvalue weighted by atomic mass is 10.0. The van der Waals surface area contributed by atoms with Crippen molar-refractivity contribution in [2.45, 2.75) is 57.4 Å². The van der Waals surface area contributed by atoms with Crippen molar-refractivity contribution in [3.05, 3.63) is 87.4 Å². The van der Waals surface area contributed by atoms with E-state index in [4.69, 9.17) is 0 Å². The van der Waals surface area contributed by atoms with E-state index >= 15 is 0 Å². The highest BCUT2D eigenvalue weighted by molar-refractivity contribution is 7.09. The van der Waals surface area contributed by atoms with Crippen molar-refractivity contribution >= 4 is 23.2 Å². The van der Waals surface area contributed by atoms with Gasteiger partial charge in [-0.3, -0.25) is 9.59 Å². The van der Waals surface area contributed by atoms with Crippen LogP contribution >= 0.6 is 11.3 Å². The summed E-state index contributed by atoms with van der Waals surface area (Å²) in [4.78, 5) is 31.5. The molecule has 184 valence electrons. The number of hydrogen-bond acceptors (Lipinski definition) is 6. The molecule has 3 atom stereocenters. The van der Waals surface area contributed by atoms with Crippen molar-refractivity contribution in [3.63, 3.8) is 0 Å². The van der Waals surface area contributed by atoms with E-state index in [0.29, 0.717) is 18.0 Å². The number of nitrogens with one attached hydrogen (secondary N) is 1. The number of aryl methyl sites for hydroxylation is 1. The first-order chi connectivity index (χ1) is 17.0. The van der Waals surface area contributed by atoms with Crippen LogP contribution in [0.25, 0.3) is 0 Å². The Bertz CT molecular complexity index is 1150. The molecule has 7 nitrogen and oxygen atoms in total. The molecule has 1 unspecified atom stereocenters. The zero-order chi connectivity index (χ0) is 24.8. The van der Waals surface area contributed by atoms with Gasteiger partial charge < -0.3 is 20.4 Å². The Morgan fingerprint density at radius 2 is 1.80 bits per heavy atom. The fraction of sp³-hybridized carbons (Fsp3) is 0.370. The molecule has 3 N–H and O–H groups in total. The number of benzene rings is 2. The molecule has 0 bridgehead atoms. The third kappa shape index (κ3) is 5.96. The average Bonchev–Trinajstić information content (AvgIpc) is 3.56. The summed E-state index contributed by atoms with van der Waals surface area (Å²) in [6.07, 6.45) is -0.434. The molecule has 0 aliphatic carbocycles. The van der Waals surface area contributed by atoms with Crippen LogP contribution in [0.5, 0.6) is 0 Å². The van der Waals surface area contributed by atoms with Gasteiger partial charge in [0, 0.05) is 18.3 Å². The second-order valence-electron chi connectivity index (χ2n) is 8.74. The van der Waals surface area contributed by atoms with E-state index in [0.717, 1.165) is 30.5 Å². The largest absolute Gasteiger partial charge is 0.380 e. The molecule has 0 saturated carbocycles. The van der Waals surface area contributed by atoms with Crippen LogP contribution in [0.15, 0.2) is 60.0 Å². The molecule has 1 saturated heterocycles. The monoisotopic (exact) mass is 493 g/mol. The van der Waals surface area contributed by atoms with Gasteiger partial charge in [0.25, 0.3) is 11.8 Å². The van der Waals surface area contributed by atoms with Crippen molar-refractivity contribution in [2.75, 3.05) is 6.54 Å². The van der Waals surface area contributed by atoms with Crippen molar-refractivity contribution in [2.24, 2.45) is 0 Å². The van der Waals surface area contributed by atoms with E-state index in [2.05, 4.69) is 29.4 Å². The maximum Gasteiger partial charge on any atom is 0.255 e. The number of thiazole rings is 1. The molecule has 1 aromatic heterocycles. The SMILES string of the molecule is CCc1ccccc1Cc1csc(CNC(=O)[C@H](O)[C@@H](O)C(=O)N2CCCC2c2ccccc2)n1. The van der Waals surface area contributed by atoms with Crippen LogP contribution in [0, 0.1) is 0 Å². The lowest BCUT2D eigenvalue weighted by Crippen LogP contribution is -2.50. The highest BCUT2D eigenvalue weighted by atomic mass is 32.1. The van der Waals surface area contributed by atoms with E-state index in [1.165, 1.54) is 22.5 Å². The van der Waals surface area contributed by atoms with E-state index in [1.807, 2.05) is 47.8 Å². The number of likely N-dealkylation sites (tertiary alicyclic amines) is 1. The van der Waals surface area contributed by atoms with Gasteiger partial charge in [-0.05, 0) is 36.0 Å². The zero-order valence-electron chi connectivity index (χ0n) is 19.8. The van der Waals surface area contributed by atoms with Gasteiger partial charge in [0.15, 0.2) is 12.2 Å². The predicted molar refractivity (Wildman–Crippen MR) is 135 cm³/mol. The molecule has 1 aliphatic heterocycles. The molecule has 0 radical (unpaired) electrons. The van der Waals surface area contributed by atoms with Crippen LogP contribution < -0.4 is 5.32 Å². The Labute approximate surface area is 209 Å². The van der Waals surface area contributed by atoms with Gasteiger partial charge in [-0.1, -0.05) is 61.5 Å². The van der Waals surface area contributed by atoms with Crippen LogP contribution in [0.4, 0.5) is 0 Å². The molecular weight excluding hydrogens is 462 g/mol. The standard InChI is InChI=1S/C27H31N3O4S/c1-2-18-9-6-7-12-20(18)15-21-17-35-23(29-21)16-28-26(33)24(31)25(32)27(34)30-14-8-13-22(30)19-10-4-3-5-11-19/h3-7,9-12,17,22,24-25,31-32H,2,8,13-16H2,1H3,(H,28,33)/t22?,24-,25-/m1/s1. The molecule has 0 spiro atoms. The van der Waals surface area contributed by atoms with E-state index < -0.39 is 24.0 Å². The van der Waals surface area contributed by atoms with Gasteiger partial charge in [0.05, 0.1) is 18.3 Å². The molecular formula is C27H31N3O4S. The smallest absolute Gasteiger partial charge is 0.255 e. The Morgan fingerprint density at radius 3 is 2.54 bits per heavy atom. The second kappa shape index (κ2) is 11.6. The normalized spacial score (nSPS) is 17.2. The third-order valence-electron chi connectivity index (χ3n) is 6.42. The lowest BCUT2D eigenvalue weighted by molar-refractivity contribution is -0.153. The predicted octanol–water partition coefficient (Wildman–Crippen LogP) is 3.00. The van der Waals surface area contributed by atoms with Crippen LogP contribution in [0.1, 0.15) is 53.2 Å². The van der Waals surface area contributed by atoms with E-state index in [1.54, 1.807) is 4.90 Å². The maximum absolute atomic E-state index is 12.9. The number of aromatic nitrogens is 1. The molecule has 8 heteroatoms. The maximum atomic E-state index is 12.9. The average molecular weight is 494 g/mol. The molecule has 3 aromatic rings. The van der Waals surface area contributed by atoms with Crippen molar-refractivity contribution < 1.29 is 19.8 Å². The number of aliphatic hydroxyl groups excluding tert-OH is 2. The van der Waals surface area contributed by atoms with Crippen molar-refractivity contribution in [1.29, 1.82) is 0 Å². The van der Waals surface area contributed by atoms with Crippen LogP contribution in [0.2, 0.25) is 0 Å². The van der Waals surface area contributed by atoms with E-state index in [9.17, 15) is 19.8 Å². The fourth-order valence-electron chi connectivity index (χ4n) is 4.55. The van der Waals surface area contributed by atoms with Gasteiger partial charge in [0.1, 0.15) is 5.01 Å². The Morgan fingerprint density at radius 1 is 1.09 bits per heavy atom. The molecule has 1 aliphatic rings. The minimum atomic E-state index is -1.85. The zero-order valence-corrected chi connectivity index (χ0v) is 20.6. The number of rotatable bonds is 9. The summed E-state index contributed by atoms with van der Waals surface area (Å²) in [7, 11) is 0. The first-order valence-electron chi connectivity index (χ1n) is 12.0. The Hall–Kier alpha value is -3.07. The van der Waals surface area contributed by atoms with Gasteiger partial charge in [-0.25, -0.2) is 4.98 Å². The summed E-state index contributed by atoms with van der Waals surface area (Å²) in [5.41, 5.74) is 4.40. The number of aliphatic hydroxyl groups is 2. The first kappa shape index (κ1) is 25.0. The Kier molecular flexibility index (Phi) is 8.28. The number of hydrogen-bond donors (Lipinski definition) is 3. The van der Waals surface area contributed by atoms with Crippen molar-refractivity contribution in [1.82, 2.24) is 15.2 Å². The highest BCUT2D eigenvalue weighted by Gasteiger charge is 2.38. The molecule has 35 heavy (non-hydrogen) atoms. The third-order valence-corrected chi connectivity index (χ3v) is 7.32. The lowest BCUT2D eigenvalue weighted by Gasteiger charge is -2.28. The summed E-state index contributed by atoms with van der Waals surface area (Å²) in [6.45, 7) is 2.72. The Balaban J connectivity index is 1.32. The van der Waals surface area contributed by atoms with Crippen LogP contribution in [-0.2, 0) is 29.0 Å². The van der Waals surface area contributed by atoms with Crippen molar-refractivity contribution in [3.8, 4) is 0 Å². The number of amides is 2. The van der Waals surface area contributed by atoms with Crippen LogP contribution in [0.3, 0.4) is 0 Å². The summed E-state index contributed by atoms with van der Waals surface area (Å²) in [5, 5.41) is 26.1. The van der Waals surface area contributed by atoms with Gasteiger partial charge in [-0.2, -0.15) is 0 Å². The summed E-state index contributed by atoms with van der Waals surface area (Å²) < 4.78 is 0. The van der Waals surface area contributed by atoms with Crippen LogP contribution in [-0.4, -0.2) is 50.7 Å². The summed E-state index contributed by atoms with van der Waals surface area (Å²) >= 11 is 1.42. The van der Waals surface area contributed by atoms with Gasteiger partial charge in [0.2, 0.25) is 0 Å². The minimum absolute atomic E-state index is 0.118. The quantitative estimate of drug-likeness (QED) is 0.425. The van der Waals surface area contributed by atoms with Gasteiger partial charge in [-0.15, -0.1) is 11.3 Å². The number of carbonyl (C=O) groups excluding carboxylic acids is 2. The number of carbonyl (C=O) groups is 2. The summed E-state index contributed by atoms with van der Waals surface area (Å²) in [5.74, 6) is -1.43. The molecule has 2 aromatic carbocycles. The van der Waals surface area contributed by atoms with E-state index in [-0.39, 0.29) is 12.6 Å². The second-order valence-corrected chi connectivity index (χ2v) is 9.68.